The second kappa shape index (κ2) is 5.94. The van der Waals surface area contributed by atoms with Crippen molar-refractivity contribution in [3.8, 4) is 11.5 Å². The summed E-state index contributed by atoms with van der Waals surface area (Å²) in [4.78, 5) is 11.9. The normalized spacial score (nSPS) is 9.59. The topological polar surface area (TPSA) is 47.6 Å². The Bertz CT molecular complexity index is 427. The van der Waals surface area contributed by atoms with Crippen LogP contribution in [-0.4, -0.2) is 26.7 Å². The summed E-state index contributed by atoms with van der Waals surface area (Å²) in [5, 5.41) is 2.75. The third kappa shape index (κ3) is 3.24. The standard InChI is InChI=1S/C13H17NO3/c1-9(2)8-14-13(15)10-6-5-7-11(16-3)12(10)17-4/h5-7H,1,8H2,2-4H3,(H,14,15). The zero-order valence-electron chi connectivity index (χ0n) is 10.4. The van der Waals surface area contributed by atoms with E-state index in [1.807, 2.05) is 6.92 Å². The van der Waals surface area contributed by atoms with Gasteiger partial charge in [-0.15, -0.1) is 0 Å². The number of ether oxygens (including phenoxy) is 2. The number of carbonyl (C=O) groups is 1. The molecule has 0 aliphatic carbocycles. The highest BCUT2D eigenvalue weighted by Crippen LogP contribution is 2.30. The van der Waals surface area contributed by atoms with Gasteiger partial charge in [-0.3, -0.25) is 4.79 Å². The fourth-order valence-electron chi connectivity index (χ4n) is 1.39. The fourth-order valence-corrected chi connectivity index (χ4v) is 1.39. The molecule has 0 spiro atoms. The maximum absolute atomic E-state index is 11.9. The molecule has 0 bridgehead atoms. The van der Waals surface area contributed by atoms with Crippen LogP contribution in [0.5, 0.6) is 11.5 Å². The van der Waals surface area contributed by atoms with E-state index in [0.717, 1.165) is 5.57 Å². The van der Waals surface area contributed by atoms with Gasteiger partial charge >= 0.3 is 0 Å². The van der Waals surface area contributed by atoms with Gasteiger partial charge in [0.2, 0.25) is 0 Å². The lowest BCUT2D eigenvalue weighted by Crippen LogP contribution is -2.25. The molecule has 0 saturated carbocycles. The maximum atomic E-state index is 11.9. The first-order valence-electron chi connectivity index (χ1n) is 5.23. The molecule has 0 atom stereocenters. The van der Waals surface area contributed by atoms with Crippen LogP contribution in [0.25, 0.3) is 0 Å². The minimum atomic E-state index is -0.205. The van der Waals surface area contributed by atoms with Gasteiger partial charge in [0, 0.05) is 6.54 Å². The number of benzene rings is 1. The van der Waals surface area contributed by atoms with Gasteiger partial charge in [0.25, 0.3) is 5.91 Å². The molecule has 0 fully saturated rings. The van der Waals surface area contributed by atoms with E-state index in [-0.39, 0.29) is 5.91 Å². The van der Waals surface area contributed by atoms with Crippen molar-refractivity contribution in [3.05, 3.63) is 35.9 Å². The molecule has 17 heavy (non-hydrogen) atoms. The van der Waals surface area contributed by atoms with Crippen molar-refractivity contribution in [2.75, 3.05) is 20.8 Å². The molecule has 0 aromatic heterocycles. The van der Waals surface area contributed by atoms with Crippen molar-refractivity contribution in [3.63, 3.8) is 0 Å². The quantitative estimate of drug-likeness (QED) is 0.794. The Labute approximate surface area is 101 Å². The van der Waals surface area contributed by atoms with Crippen LogP contribution < -0.4 is 14.8 Å². The summed E-state index contributed by atoms with van der Waals surface area (Å²) in [6.45, 7) is 6.02. The van der Waals surface area contributed by atoms with Crippen LogP contribution in [0, 0.1) is 0 Å². The minimum absolute atomic E-state index is 0.205. The second-order valence-electron chi connectivity index (χ2n) is 3.68. The lowest BCUT2D eigenvalue weighted by molar-refractivity contribution is 0.0953. The van der Waals surface area contributed by atoms with Gasteiger partial charge in [0.15, 0.2) is 11.5 Å². The van der Waals surface area contributed by atoms with Crippen molar-refractivity contribution in [1.82, 2.24) is 5.32 Å². The number of methoxy groups -OCH3 is 2. The average Bonchev–Trinajstić information content (AvgIpc) is 2.34. The predicted octanol–water partition coefficient (Wildman–Crippen LogP) is 2.01. The van der Waals surface area contributed by atoms with Crippen molar-refractivity contribution in [2.45, 2.75) is 6.92 Å². The van der Waals surface area contributed by atoms with Gasteiger partial charge < -0.3 is 14.8 Å². The van der Waals surface area contributed by atoms with Crippen LogP contribution in [0.1, 0.15) is 17.3 Å². The molecule has 0 aliphatic rings. The Balaban J connectivity index is 2.96. The van der Waals surface area contributed by atoms with E-state index in [9.17, 15) is 4.79 Å². The Morgan fingerprint density at radius 3 is 2.59 bits per heavy atom. The van der Waals surface area contributed by atoms with Crippen LogP contribution in [-0.2, 0) is 0 Å². The van der Waals surface area contributed by atoms with Crippen LogP contribution in [0.2, 0.25) is 0 Å². The number of hydrogen-bond donors (Lipinski definition) is 1. The van der Waals surface area contributed by atoms with E-state index in [4.69, 9.17) is 9.47 Å². The van der Waals surface area contributed by atoms with E-state index >= 15 is 0 Å². The minimum Gasteiger partial charge on any atom is -0.493 e. The first-order chi connectivity index (χ1) is 8.10. The predicted molar refractivity (Wildman–Crippen MR) is 66.7 cm³/mol. The van der Waals surface area contributed by atoms with E-state index in [1.165, 1.54) is 14.2 Å². The summed E-state index contributed by atoms with van der Waals surface area (Å²) in [7, 11) is 3.04. The van der Waals surface area contributed by atoms with Gasteiger partial charge in [-0.25, -0.2) is 0 Å². The van der Waals surface area contributed by atoms with Crippen molar-refractivity contribution < 1.29 is 14.3 Å². The van der Waals surface area contributed by atoms with Gasteiger partial charge in [-0.1, -0.05) is 18.2 Å². The van der Waals surface area contributed by atoms with Crippen LogP contribution in [0.4, 0.5) is 0 Å². The number of para-hydroxylation sites is 1. The maximum Gasteiger partial charge on any atom is 0.255 e. The number of hydrogen-bond acceptors (Lipinski definition) is 3. The summed E-state index contributed by atoms with van der Waals surface area (Å²) < 4.78 is 10.3. The monoisotopic (exact) mass is 235 g/mol. The Morgan fingerprint density at radius 2 is 2.06 bits per heavy atom. The van der Waals surface area contributed by atoms with E-state index < -0.39 is 0 Å². The van der Waals surface area contributed by atoms with Crippen LogP contribution in [0.3, 0.4) is 0 Å². The molecule has 1 amide bonds. The summed E-state index contributed by atoms with van der Waals surface area (Å²) in [6, 6.07) is 5.18. The molecule has 1 aromatic rings. The molecule has 0 heterocycles. The van der Waals surface area contributed by atoms with Crippen LogP contribution >= 0.6 is 0 Å². The first-order valence-corrected chi connectivity index (χ1v) is 5.23. The molecule has 0 unspecified atom stereocenters. The molecule has 0 saturated heterocycles. The highest BCUT2D eigenvalue weighted by molar-refractivity contribution is 5.97. The first kappa shape index (κ1) is 13.1. The van der Waals surface area contributed by atoms with Crippen molar-refractivity contribution in [1.29, 1.82) is 0 Å². The molecule has 4 nitrogen and oxygen atoms in total. The fraction of sp³-hybridized carbons (Fsp3) is 0.308. The number of nitrogens with one attached hydrogen (secondary N) is 1. The molecular weight excluding hydrogens is 218 g/mol. The molecule has 1 rings (SSSR count). The third-order valence-electron chi connectivity index (χ3n) is 2.20. The highest BCUT2D eigenvalue weighted by atomic mass is 16.5. The molecule has 1 N–H and O–H groups in total. The summed E-state index contributed by atoms with van der Waals surface area (Å²) in [6.07, 6.45) is 0. The number of carbonyl (C=O) groups excluding carboxylic acids is 1. The molecule has 4 heteroatoms. The van der Waals surface area contributed by atoms with Crippen LogP contribution in [0.15, 0.2) is 30.4 Å². The molecule has 0 aliphatic heterocycles. The SMILES string of the molecule is C=C(C)CNC(=O)c1cccc(OC)c1OC. The van der Waals surface area contributed by atoms with Gasteiger partial charge in [0.05, 0.1) is 19.8 Å². The van der Waals surface area contributed by atoms with E-state index in [2.05, 4.69) is 11.9 Å². The zero-order valence-corrected chi connectivity index (χ0v) is 10.4. The molecule has 92 valence electrons. The van der Waals surface area contributed by atoms with Crippen molar-refractivity contribution in [2.24, 2.45) is 0 Å². The van der Waals surface area contributed by atoms with Gasteiger partial charge in [0.1, 0.15) is 0 Å². The summed E-state index contributed by atoms with van der Waals surface area (Å²) in [5.41, 5.74) is 1.34. The van der Waals surface area contributed by atoms with Gasteiger partial charge in [-0.05, 0) is 19.1 Å². The van der Waals surface area contributed by atoms with E-state index in [0.29, 0.717) is 23.6 Å². The Kier molecular flexibility index (Phi) is 4.57. The Morgan fingerprint density at radius 1 is 1.35 bits per heavy atom. The Hall–Kier alpha value is -1.97. The lowest BCUT2D eigenvalue weighted by Gasteiger charge is -2.12. The summed E-state index contributed by atoms with van der Waals surface area (Å²) >= 11 is 0. The number of amides is 1. The molecule has 1 aromatic carbocycles. The second-order valence-corrected chi connectivity index (χ2v) is 3.68. The highest BCUT2D eigenvalue weighted by Gasteiger charge is 2.15. The largest absolute Gasteiger partial charge is 0.493 e. The van der Waals surface area contributed by atoms with Crippen molar-refractivity contribution >= 4 is 5.91 Å². The third-order valence-corrected chi connectivity index (χ3v) is 2.20. The van der Waals surface area contributed by atoms with E-state index in [1.54, 1.807) is 18.2 Å². The number of rotatable bonds is 5. The van der Waals surface area contributed by atoms with Gasteiger partial charge in [-0.2, -0.15) is 0 Å². The smallest absolute Gasteiger partial charge is 0.255 e. The molecular formula is C13H17NO3. The average molecular weight is 235 g/mol. The summed E-state index contributed by atoms with van der Waals surface area (Å²) in [5.74, 6) is 0.772. The lowest BCUT2D eigenvalue weighted by atomic mass is 10.1. The zero-order chi connectivity index (χ0) is 12.8. The molecule has 0 radical (unpaired) electrons.